The lowest BCUT2D eigenvalue weighted by molar-refractivity contribution is -0.219. The number of aliphatic imine (C=N–C) groups is 1. The van der Waals surface area contributed by atoms with Crippen LogP contribution in [-0.2, 0) is 39.9 Å². The second-order valence-electron chi connectivity index (χ2n) is 12.6. The van der Waals surface area contributed by atoms with Crippen LogP contribution in [0, 0.1) is 0 Å². The smallest absolute Gasteiger partial charge is 0.251 e. The monoisotopic (exact) mass is 735 g/mol. The molecule has 0 radical (unpaired) electrons. The Kier molecular flexibility index (Phi) is 16.0. The number of ether oxygens (including phenoxy) is 1. The van der Waals surface area contributed by atoms with Gasteiger partial charge in [-0.2, -0.15) is 0 Å². The van der Waals surface area contributed by atoms with Crippen molar-refractivity contribution < 1.29 is 53.9 Å². The highest BCUT2D eigenvalue weighted by Crippen LogP contribution is 2.21. The zero-order chi connectivity index (χ0) is 38.4. The van der Waals surface area contributed by atoms with Crippen LogP contribution < -0.4 is 43.4 Å². The summed E-state index contributed by atoms with van der Waals surface area (Å²) in [6, 6.07) is 2.56. The van der Waals surface area contributed by atoms with E-state index in [1.54, 1.807) is 12.1 Å². The summed E-state index contributed by atoms with van der Waals surface area (Å²) in [5.41, 5.74) is 11.3. The van der Waals surface area contributed by atoms with Gasteiger partial charge in [0.1, 0.15) is 48.3 Å². The van der Waals surface area contributed by atoms with E-state index < -0.39 is 90.6 Å². The summed E-state index contributed by atoms with van der Waals surface area (Å²) in [6.45, 7) is 0.759. The lowest BCUT2D eigenvalue weighted by atomic mass is 9.94. The number of carbonyl (C=O) groups excluding carboxylic acids is 6. The standard InChI is InChI=1S/C32H49N9O11/c1-16(42)37-14-22-24(45)25(46)26(47)27(52-22)31(51)35-11-3-2-5-20-29(49)40-19(6-4-12-36-32(33)34)28(48)38-15-23(44)39-21(30(50)41-20)13-17-7-9-18(43)10-8-17/h7-10,19-22,24-27,43,45-47H,2-6,11-15H2,1H3,(H,35,51)(H,37,42)(H,38,48)(H,39,44)(H,40,49)(H,41,50)(H4,33,34,36)/t19-,20-,21+,22+,24+,25-,26-,27+/m0/s1. The van der Waals surface area contributed by atoms with Crippen molar-refractivity contribution in [1.29, 1.82) is 0 Å². The molecule has 0 bridgehead atoms. The average Bonchev–Trinajstić information content (AvgIpc) is 3.09. The number of nitrogens with one attached hydrogen (secondary N) is 6. The minimum absolute atomic E-state index is 0.00409. The highest BCUT2D eigenvalue weighted by Gasteiger charge is 2.46. The van der Waals surface area contributed by atoms with Crippen molar-refractivity contribution >= 4 is 41.4 Å². The largest absolute Gasteiger partial charge is 0.508 e. The van der Waals surface area contributed by atoms with Crippen LogP contribution in [0.15, 0.2) is 29.3 Å². The van der Waals surface area contributed by atoms with Crippen LogP contribution in [0.25, 0.3) is 0 Å². The van der Waals surface area contributed by atoms with E-state index in [2.05, 4.69) is 36.9 Å². The predicted octanol–water partition coefficient (Wildman–Crippen LogP) is -5.15. The second kappa shape index (κ2) is 20.1. The van der Waals surface area contributed by atoms with Gasteiger partial charge in [-0.05, 0) is 49.8 Å². The number of hydrogen-bond acceptors (Lipinski definition) is 12. The van der Waals surface area contributed by atoms with Crippen LogP contribution in [0.5, 0.6) is 5.75 Å². The average molecular weight is 736 g/mol. The first kappa shape index (κ1) is 41.4. The Bertz CT molecular complexity index is 1440. The molecule has 8 atom stereocenters. The minimum atomic E-state index is -1.75. The number of phenolic OH excluding ortho intramolecular Hbond substituents is 1. The van der Waals surface area contributed by atoms with Gasteiger partial charge < -0.3 is 68.5 Å². The Labute approximate surface area is 299 Å². The van der Waals surface area contributed by atoms with Gasteiger partial charge in [0.25, 0.3) is 5.91 Å². The third kappa shape index (κ3) is 12.9. The predicted molar refractivity (Wildman–Crippen MR) is 183 cm³/mol. The first-order valence-electron chi connectivity index (χ1n) is 16.9. The molecule has 0 aromatic heterocycles. The molecule has 0 aliphatic carbocycles. The van der Waals surface area contributed by atoms with Gasteiger partial charge in [0, 0.05) is 33.0 Å². The van der Waals surface area contributed by atoms with Crippen LogP contribution in [0.3, 0.4) is 0 Å². The fourth-order valence-corrected chi connectivity index (χ4v) is 5.56. The molecule has 1 aromatic carbocycles. The summed E-state index contributed by atoms with van der Waals surface area (Å²) in [4.78, 5) is 81.0. The van der Waals surface area contributed by atoms with Crippen LogP contribution in [-0.4, -0.2) is 137 Å². The Hall–Kier alpha value is -5.05. The van der Waals surface area contributed by atoms with E-state index in [0.29, 0.717) is 12.0 Å². The number of nitrogens with two attached hydrogens (primary N) is 2. The second-order valence-corrected chi connectivity index (χ2v) is 12.6. The normalized spacial score (nSPS) is 27.0. The molecule has 0 unspecified atom stereocenters. The maximum atomic E-state index is 13.6. The van der Waals surface area contributed by atoms with E-state index >= 15 is 0 Å². The van der Waals surface area contributed by atoms with Gasteiger partial charge in [-0.3, -0.25) is 33.8 Å². The van der Waals surface area contributed by atoms with E-state index in [9.17, 15) is 49.2 Å². The Morgan fingerprint density at radius 1 is 0.846 bits per heavy atom. The third-order valence-electron chi connectivity index (χ3n) is 8.40. The number of aliphatic hydroxyl groups is 3. The summed E-state index contributed by atoms with van der Waals surface area (Å²) < 4.78 is 5.49. The molecule has 288 valence electrons. The summed E-state index contributed by atoms with van der Waals surface area (Å²) >= 11 is 0. The van der Waals surface area contributed by atoms with Crippen molar-refractivity contribution in [1.82, 2.24) is 31.9 Å². The highest BCUT2D eigenvalue weighted by atomic mass is 16.5. The van der Waals surface area contributed by atoms with Crippen molar-refractivity contribution in [3.63, 3.8) is 0 Å². The number of rotatable bonds is 14. The van der Waals surface area contributed by atoms with Crippen molar-refractivity contribution in [3.8, 4) is 5.75 Å². The van der Waals surface area contributed by atoms with E-state index in [0.717, 1.165) is 0 Å². The fraction of sp³-hybridized carbons (Fsp3) is 0.594. The zero-order valence-corrected chi connectivity index (χ0v) is 28.7. The van der Waals surface area contributed by atoms with Crippen molar-refractivity contribution in [2.24, 2.45) is 16.5 Å². The number of guanidine groups is 1. The van der Waals surface area contributed by atoms with Crippen LogP contribution >= 0.6 is 0 Å². The van der Waals surface area contributed by atoms with E-state index in [1.165, 1.54) is 19.1 Å². The molecule has 2 aliphatic heterocycles. The summed E-state index contributed by atoms with van der Waals surface area (Å²) in [5, 5.41) is 55.8. The van der Waals surface area contributed by atoms with E-state index in [1.807, 2.05) is 0 Å². The summed E-state index contributed by atoms with van der Waals surface area (Å²) in [5.74, 6) is -4.00. The van der Waals surface area contributed by atoms with Crippen molar-refractivity contribution in [3.05, 3.63) is 29.8 Å². The Morgan fingerprint density at radius 3 is 2.13 bits per heavy atom. The third-order valence-corrected chi connectivity index (χ3v) is 8.40. The number of nitrogens with zero attached hydrogens (tertiary/aromatic N) is 1. The lowest BCUT2D eigenvalue weighted by Crippen LogP contribution is -2.63. The number of amides is 6. The molecule has 2 saturated heterocycles. The Balaban J connectivity index is 1.68. The van der Waals surface area contributed by atoms with Crippen LogP contribution in [0.4, 0.5) is 0 Å². The molecule has 0 spiro atoms. The highest BCUT2D eigenvalue weighted by molar-refractivity contribution is 5.96. The van der Waals surface area contributed by atoms with Gasteiger partial charge >= 0.3 is 0 Å². The van der Waals surface area contributed by atoms with Crippen LogP contribution in [0.1, 0.15) is 44.6 Å². The molecule has 20 heteroatoms. The number of aliphatic hydroxyl groups excluding tert-OH is 3. The topological polar surface area (TPSA) is 329 Å². The van der Waals surface area contributed by atoms with Gasteiger partial charge in [-0.1, -0.05) is 12.1 Å². The minimum Gasteiger partial charge on any atom is -0.508 e. The van der Waals surface area contributed by atoms with Gasteiger partial charge in [-0.15, -0.1) is 0 Å². The van der Waals surface area contributed by atoms with Gasteiger partial charge in [0.15, 0.2) is 12.1 Å². The van der Waals surface area contributed by atoms with Crippen LogP contribution in [0.2, 0.25) is 0 Å². The number of hydrogen-bond donors (Lipinski definition) is 12. The maximum Gasteiger partial charge on any atom is 0.251 e. The van der Waals surface area contributed by atoms with Gasteiger partial charge in [0.05, 0.1) is 6.54 Å². The molecule has 6 amide bonds. The number of carbonyl (C=O) groups is 6. The van der Waals surface area contributed by atoms with Gasteiger partial charge in [-0.25, -0.2) is 0 Å². The molecule has 2 aliphatic rings. The lowest BCUT2D eigenvalue weighted by Gasteiger charge is -2.39. The molecular weight excluding hydrogens is 686 g/mol. The molecular formula is C32H49N9O11. The molecule has 2 fully saturated rings. The maximum absolute atomic E-state index is 13.6. The summed E-state index contributed by atoms with van der Waals surface area (Å²) in [7, 11) is 0. The fourth-order valence-electron chi connectivity index (χ4n) is 5.56. The number of phenols is 1. The first-order valence-corrected chi connectivity index (χ1v) is 16.9. The molecule has 1 aromatic rings. The number of aromatic hydroxyl groups is 1. The molecule has 3 rings (SSSR count). The molecule has 20 nitrogen and oxygen atoms in total. The Morgan fingerprint density at radius 2 is 1.48 bits per heavy atom. The zero-order valence-electron chi connectivity index (χ0n) is 28.7. The first-order chi connectivity index (χ1) is 24.7. The number of unbranched alkanes of at least 4 members (excludes halogenated alkanes) is 1. The molecule has 0 saturated carbocycles. The van der Waals surface area contributed by atoms with Crippen molar-refractivity contribution in [2.75, 3.05) is 26.2 Å². The van der Waals surface area contributed by atoms with E-state index in [4.69, 9.17) is 16.2 Å². The summed E-state index contributed by atoms with van der Waals surface area (Å²) in [6.07, 6.45) is -6.75. The number of benzene rings is 1. The molecule has 52 heavy (non-hydrogen) atoms. The quantitative estimate of drug-likeness (QED) is 0.0484. The molecule has 2 heterocycles. The van der Waals surface area contributed by atoms with E-state index in [-0.39, 0.29) is 63.4 Å². The molecule has 14 N–H and O–H groups in total. The van der Waals surface area contributed by atoms with Crippen molar-refractivity contribution in [2.45, 2.75) is 94.1 Å². The van der Waals surface area contributed by atoms with Gasteiger partial charge in [0.2, 0.25) is 29.5 Å². The SMILES string of the molecule is CC(=O)NC[C@H]1O[C@@H](C(=O)NCCCC[C@@H]2NC(=O)[C@@H](Cc3ccc(O)cc3)NC(=O)CNC(=O)[C@H](CCCN=C(N)N)NC2=O)[C@@H](O)[C@@H](O)[C@@H]1O.